The van der Waals surface area contributed by atoms with Crippen LogP contribution in [0.15, 0.2) is 54.6 Å². The van der Waals surface area contributed by atoms with Crippen LogP contribution < -0.4 is 14.4 Å². The Kier molecular flexibility index (Phi) is 6.23. The molecule has 31 heavy (non-hydrogen) atoms. The van der Waals surface area contributed by atoms with Gasteiger partial charge in [-0.2, -0.15) is 0 Å². The van der Waals surface area contributed by atoms with Crippen LogP contribution in [0.1, 0.15) is 10.4 Å². The van der Waals surface area contributed by atoms with Crippen molar-refractivity contribution >= 4 is 23.3 Å². The molecule has 2 aromatic carbocycles. The van der Waals surface area contributed by atoms with E-state index < -0.39 is 0 Å². The molecule has 1 amide bonds. The number of halogens is 1. The van der Waals surface area contributed by atoms with Gasteiger partial charge >= 0.3 is 0 Å². The van der Waals surface area contributed by atoms with E-state index in [1.54, 1.807) is 32.4 Å². The maximum Gasteiger partial charge on any atom is 0.257 e. The van der Waals surface area contributed by atoms with Crippen molar-refractivity contribution in [2.24, 2.45) is 0 Å². The lowest BCUT2D eigenvalue weighted by Crippen LogP contribution is -2.49. The van der Waals surface area contributed by atoms with Crippen LogP contribution in [0.2, 0.25) is 5.02 Å². The van der Waals surface area contributed by atoms with Crippen molar-refractivity contribution in [2.75, 3.05) is 45.3 Å². The fourth-order valence-electron chi connectivity index (χ4n) is 3.59. The van der Waals surface area contributed by atoms with E-state index in [4.69, 9.17) is 21.1 Å². The van der Waals surface area contributed by atoms with E-state index in [2.05, 4.69) is 15.1 Å². The standard InChI is InChI=1S/C23H23ClN4O3/c1-30-18-5-3-4-16(14-18)20-7-9-22(26-25-20)27-10-12-28(13-11-27)23(29)19-15-17(24)6-8-21(19)31-2/h3-9,14-15H,10-13H2,1-2H3. The van der Waals surface area contributed by atoms with E-state index in [1.165, 1.54) is 0 Å². The quantitative estimate of drug-likeness (QED) is 0.604. The number of nitrogens with zero attached hydrogens (tertiary/aromatic N) is 4. The molecule has 1 saturated heterocycles. The predicted molar refractivity (Wildman–Crippen MR) is 120 cm³/mol. The second kappa shape index (κ2) is 9.22. The third-order valence-corrected chi connectivity index (χ3v) is 5.53. The van der Waals surface area contributed by atoms with Crippen LogP contribution in [0, 0.1) is 0 Å². The topological polar surface area (TPSA) is 67.8 Å². The van der Waals surface area contributed by atoms with E-state index in [1.807, 2.05) is 41.3 Å². The molecule has 0 spiro atoms. The summed E-state index contributed by atoms with van der Waals surface area (Å²) in [5.74, 6) is 2.01. The molecule has 2 heterocycles. The fourth-order valence-corrected chi connectivity index (χ4v) is 3.76. The summed E-state index contributed by atoms with van der Waals surface area (Å²) < 4.78 is 10.6. The van der Waals surface area contributed by atoms with E-state index in [9.17, 15) is 4.79 Å². The van der Waals surface area contributed by atoms with Crippen LogP contribution in [0.25, 0.3) is 11.3 Å². The maximum atomic E-state index is 13.0. The third-order valence-electron chi connectivity index (χ3n) is 5.30. The molecule has 0 aliphatic carbocycles. The van der Waals surface area contributed by atoms with E-state index in [0.717, 1.165) is 22.8 Å². The monoisotopic (exact) mass is 438 g/mol. The molecule has 160 valence electrons. The van der Waals surface area contributed by atoms with Crippen molar-refractivity contribution in [1.82, 2.24) is 15.1 Å². The number of rotatable bonds is 5. The molecular formula is C23H23ClN4O3. The Morgan fingerprint density at radius 1 is 0.935 bits per heavy atom. The van der Waals surface area contributed by atoms with Crippen molar-refractivity contribution in [2.45, 2.75) is 0 Å². The number of hydrogen-bond donors (Lipinski definition) is 0. The van der Waals surface area contributed by atoms with Gasteiger partial charge in [-0.1, -0.05) is 23.7 Å². The highest BCUT2D eigenvalue weighted by atomic mass is 35.5. The number of amides is 1. The molecule has 3 aromatic rings. The summed E-state index contributed by atoms with van der Waals surface area (Å²) >= 11 is 6.08. The Bertz CT molecular complexity index is 1070. The lowest BCUT2D eigenvalue weighted by molar-refractivity contribution is 0.0743. The molecule has 0 atom stereocenters. The van der Waals surface area contributed by atoms with Gasteiger partial charge in [0.05, 0.1) is 25.5 Å². The molecule has 1 aliphatic rings. The molecule has 0 bridgehead atoms. The molecule has 0 saturated carbocycles. The maximum absolute atomic E-state index is 13.0. The fraction of sp³-hybridized carbons (Fsp3) is 0.261. The molecule has 0 radical (unpaired) electrons. The first-order chi connectivity index (χ1) is 15.1. The average Bonchev–Trinajstić information content (AvgIpc) is 2.84. The molecule has 8 heteroatoms. The zero-order chi connectivity index (χ0) is 21.8. The molecule has 7 nitrogen and oxygen atoms in total. The Hall–Kier alpha value is -3.32. The van der Waals surface area contributed by atoms with Crippen molar-refractivity contribution in [3.8, 4) is 22.8 Å². The van der Waals surface area contributed by atoms with Crippen molar-refractivity contribution in [3.05, 3.63) is 65.2 Å². The number of anilines is 1. The Morgan fingerprint density at radius 2 is 1.74 bits per heavy atom. The molecule has 1 fully saturated rings. The molecule has 1 aromatic heterocycles. The zero-order valence-corrected chi connectivity index (χ0v) is 18.2. The van der Waals surface area contributed by atoms with Crippen LogP contribution in [0.4, 0.5) is 5.82 Å². The van der Waals surface area contributed by atoms with Gasteiger partial charge < -0.3 is 19.3 Å². The predicted octanol–water partition coefficient (Wildman–Crippen LogP) is 3.78. The van der Waals surface area contributed by atoms with Crippen LogP contribution in [0.3, 0.4) is 0 Å². The Morgan fingerprint density at radius 3 is 2.42 bits per heavy atom. The summed E-state index contributed by atoms with van der Waals surface area (Å²) in [6.45, 7) is 2.49. The van der Waals surface area contributed by atoms with Crippen LogP contribution >= 0.6 is 11.6 Å². The molecule has 0 N–H and O–H groups in total. The SMILES string of the molecule is COc1cccc(-c2ccc(N3CCN(C(=O)c4cc(Cl)ccc4OC)CC3)nn2)c1. The van der Waals surface area contributed by atoms with Gasteiger partial charge in [-0.3, -0.25) is 4.79 Å². The van der Waals surface area contributed by atoms with Crippen LogP contribution in [0.5, 0.6) is 11.5 Å². The lowest BCUT2D eigenvalue weighted by Gasteiger charge is -2.35. The summed E-state index contributed by atoms with van der Waals surface area (Å²) in [5, 5.41) is 9.28. The highest BCUT2D eigenvalue weighted by molar-refractivity contribution is 6.31. The van der Waals surface area contributed by atoms with Crippen molar-refractivity contribution < 1.29 is 14.3 Å². The largest absolute Gasteiger partial charge is 0.497 e. The number of aromatic nitrogens is 2. The summed E-state index contributed by atoms with van der Waals surface area (Å²) in [5.41, 5.74) is 2.21. The summed E-state index contributed by atoms with van der Waals surface area (Å²) in [6, 6.07) is 16.7. The first kappa shape index (κ1) is 20.9. The number of benzene rings is 2. The summed E-state index contributed by atoms with van der Waals surface area (Å²) in [6.07, 6.45) is 0. The van der Waals surface area contributed by atoms with Gasteiger partial charge in [0.15, 0.2) is 5.82 Å². The third kappa shape index (κ3) is 4.56. The van der Waals surface area contributed by atoms with E-state index >= 15 is 0 Å². The summed E-state index contributed by atoms with van der Waals surface area (Å²) in [4.78, 5) is 16.9. The molecule has 0 unspecified atom stereocenters. The van der Waals surface area contributed by atoms with Gasteiger partial charge in [0.25, 0.3) is 5.91 Å². The number of methoxy groups -OCH3 is 2. The van der Waals surface area contributed by atoms with E-state index in [0.29, 0.717) is 42.5 Å². The van der Waals surface area contributed by atoms with Crippen LogP contribution in [-0.2, 0) is 0 Å². The first-order valence-corrected chi connectivity index (χ1v) is 10.3. The van der Waals surface area contributed by atoms with Gasteiger partial charge in [0.1, 0.15) is 11.5 Å². The van der Waals surface area contributed by atoms with Gasteiger partial charge in [-0.05, 0) is 42.5 Å². The number of carbonyl (C=O) groups is 1. The minimum atomic E-state index is -0.0848. The van der Waals surface area contributed by atoms with Gasteiger partial charge in [0.2, 0.25) is 0 Å². The minimum absolute atomic E-state index is 0.0848. The average molecular weight is 439 g/mol. The van der Waals surface area contributed by atoms with Gasteiger partial charge in [-0.15, -0.1) is 10.2 Å². The molecular weight excluding hydrogens is 416 g/mol. The highest BCUT2D eigenvalue weighted by Crippen LogP contribution is 2.26. The highest BCUT2D eigenvalue weighted by Gasteiger charge is 2.25. The second-order valence-electron chi connectivity index (χ2n) is 7.13. The van der Waals surface area contributed by atoms with Crippen molar-refractivity contribution in [3.63, 3.8) is 0 Å². The van der Waals surface area contributed by atoms with Gasteiger partial charge in [-0.25, -0.2) is 0 Å². The first-order valence-electron chi connectivity index (χ1n) is 9.95. The normalized spacial score (nSPS) is 13.8. The van der Waals surface area contributed by atoms with Gasteiger partial charge in [0, 0.05) is 36.8 Å². The van der Waals surface area contributed by atoms with Crippen LogP contribution in [-0.4, -0.2) is 61.4 Å². The Balaban J connectivity index is 1.42. The zero-order valence-electron chi connectivity index (χ0n) is 17.4. The number of ether oxygens (including phenoxy) is 2. The lowest BCUT2D eigenvalue weighted by atomic mass is 10.1. The number of piperazine rings is 1. The smallest absolute Gasteiger partial charge is 0.257 e. The van der Waals surface area contributed by atoms with Crippen molar-refractivity contribution in [1.29, 1.82) is 0 Å². The van der Waals surface area contributed by atoms with E-state index in [-0.39, 0.29) is 5.91 Å². The number of hydrogen-bond acceptors (Lipinski definition) is 6. The molecule has 4 rings (SSSR count). The molecule has 1 aliphatic heterocycles. The summed E-state index contributed by atoms with van der Waals surface area (Å²) in [7, 11) is 3.19. The minimum Gasteiger partial charge on any atom is -0.497 e. The Labute approximate surface area is 186 Å². The number of carbonyl (C=O) groups excluding carboxylic acids is 1. The second-order valence-corrected chi connectivity index (χ2v) is 7.57.